The van der Waals surface area contributed by atoms with Gasteiger partial charge in [-0.25, -0.2) is 9.78 Å². The van der Waals surface area contributed by atoms with Gasteiger partial charge in [-0.15, -0.1) is 0 Å². The number of piperidine rings is 1. The Kier molecular flexibility index (Phi) is 4.15. The van der Waals surface area contributed by atoms with E-state index in [2.05, 4.69) is 10.3 Å². The molecule has 25 heavy (non-hydrogen) atoms. The molecule has 1 aromatic rings. The predicted molar refractivity (Wildman–Crippen MR) is 87.0 cm³/mol. The molecule has 0 unspecified atom stereocenters. The highest BCUT2D eigenvalue weighted by Gasteiger charge is 2.46. The van der Waals surface area contributed by atoms with Crippen molar-refractivity contribution in [1.29, 1.82) is 0 Å². The van der Waals surface area contributed by atoms with E-state index < -0.39 is 22.7 Å². The van der Waals surface area contributed by atoms with E-state index in [1.807, 2.05) is 0 Å². The van der Waals surface area contributed by atoms with Crippen molar-refractivity contribution in [3.8, 4) is 5.88 Å². The molecule has 0 bridgehead atoms. The van der Waals surface area contributed by atoms with Gasteiger partial charge < -0.3 is 25.2 Å². The number of amides is 1. The van der Waals surface area contributed by atoms with Crippen molar-refractivity contribution < 1.29 is 24.7 Å². The Morgan fingerprint density at radius 2 is 2.28 bits per heavy atom. The van der Waals surface area contributed by atoms with Gasteiger partial charge >= 0.3 is 11.8 Å². The average molecular weight is 352 g/mol. The van der Waals surface area contributed by atoms with Gasteiger partial charge in [0.1, 0.15) is 11.9 Å². The average Bonchev–Trinajstić information content (AvgIpc) is 2.99. The molecule has 1 fully saturated rings. The van der Waals surface area contributed by atoms with Gasteiger partial charge in [0.2, 0.25) is 5.88 Å². The monoisotopic (exact) mass is 352 g/mol. The fraction of sp³-hybridized carbons (Fsp3) is 0.600. The molecule has 2 aliphatic heterocycles. The fourth-order valence-electron chi connectivity index (χ4n) is 3.46. The Bertz CT molecular complexity index is 722. The summed E-state index contributed by atoms with van der Waals surface area (Å²) in [6, 6.07) is -0.792. The molecule has 1 saturated heterocycles. The van der Waals surface area contributed by atoms with Gasteiger partial charge in [0.25, 0.3) is 0 Å². The first-order valence-electron chi connectivity index (χ1n) is 7.97. The van der Waals surface area contributed by atoms with Crippen LogP contribution in [-0.2, 0) is 6.42 Å². The number of carbonyl (C=O) groups is 1. The number of nitrogens with one attached hydrogen (secondary N) is 1. The van der Waals surface area contributed by atoms with Gasteiger partial charge in [0.05, 0.1) is 23.2 Å². The summed E-state index contributed by atoms with van der Waals surface area (Å²) in [5, 5.41) is 33.5. The van der Waals surface area contributed by atoms with E-state index in [0.29, 0.717) is 36.7 Å². The number of rotatable bonds is 3. The maximum absolute atomic E-state index is 11.5. The normalized spacial score (nSPS) is 28.2. The number of carboxylic acid groups (broad SMARTS) is 1. The minimum atomic E-state index is -1.27. The molecule has 3 rings (SSSR count). The minimum absolute atomic E-state index is 0.112. The molecule has 0 saturated carbocycles. The maximum atomic E-state index is 11.5. The zero-order valence-electron chi connectivity index (χ0n) is 13.9. The third kappa shape index (κ3) is 2.93. The second-order valence-electron chi connectivity index (χ2n) is 6.67. The summed E-state index contributed by atoms with van der Waals surface area (Å²) < 4.78 is 5.40. The quantitative estimate of drug-likeness (QED) is 0.535. The van der Waals surface area contributed by atoms with E-state index >= 15 is 0 Å². The van der Waals surface area contributed by atoms with Crippen LogP contribution in [0.1, 0.15) is 19.4 Å². The van der Waals surface area contributed by atoms with Crippen LogP contribution in [-0.4, -0.2) is 57.6 Å². The topological polar surface area (TPSA) is 138 Å². The number of hydrogen-bond donors (Lipinski definition) is 3. The molecule has 3 heterocycles. The molecule has 10 heteroatoms. The van der Waals surface area contributed by atoms with Crippen LogP contribution in [0, 0.1) is 16.0 Å². The predicted octanol–water partition coefficient (Wildman–Crippen LogP) is 0.768. The van der Waals surface area contributed by atoms with E-state index in [9.17, 15) is 20.0 Å². The van der Waals surface area contributed by atoms with Crippen molar-refractivity contribution in [3.05, 3.63) is 21.9 Å². The Morgan fingerprint density at radius 3 is 2.92 bits per heavy atom. The lowest BCUT2D eigenvalue weighted by molar-refractivity contribution is -0.384. The Balaban J connectivity index is 2.03. The number of fused-ring (bicyclic) bond motifs is 1. The van der Waals surface area contributed by atoms with Gasteiger partial charge in [0, 0.05) is 31.0 Å². The maximum Gasteiger partial charge on any atom is 0.405 e. The Hall–Kier alpha value is -2.62. The highest BCUT2D eigenvalue weighted by atomic mass is 16.6. The lowest BCUT2D eigenvalue weighted by Gasteiger charge is -2.47. The molecule has 1 aromatic heterocycles. The number of ether oxygens (including phenoxy) is 1. The summed E-state index contributed by atoms with van der Waals surface area (Å²) in [5.41, 5.74) is -0.368. The summed E-state index contributed by atoms with van der Waals surface area (Å²) >= 11 is 0. The summed E-state index contributed by atoms with van der Waals surface area (Å²) in [4.78, 5) is 27.8. The molecule has 136 valence electrons. The molecule has 0 aromatic carbocycles. The molecular weight excluding hydrogens is 332 g/mol. The lowest BCUT2D eigenvalue weighted by Crippen LogP contribution is -2.65. The number of nitrogens with zero attached hydrogens (tertiary/aromatic N) is 3. The lowest BCUT2D eigenvalue weighted by atomic mass is 9.79. The van der Waals surface area contributed by atoms with Crippen molar-refractivity contribution in [2.75, 3.05) is 24.6 Å². The molecular formula is C15H20N4O6. The van der Waals surface area contributed by atoms with Gasteiger partial charge in [-0.1, -0.05) is 6.92 Å². The van der Waals surface area contributed by atoms with Crippen LogP contribution >= 0.6 is 0 Å². The third-order valence-corrected chi connectivity index (χ3v) is 5.09. The number of nitro groups is 1. The molecule has 0 spiro atoms. The number of pyridine rings is 1. The molecule has 10 nitrogen and oxygen atoms in total. The number of aliphatic hydroxyl groups is 1. The van der Waals surface area contributed by atoms with E-state index in [1.54, 1.807) is 18.7 Å². The van der Waals surface area contributed by atoms with Gasteiger partial charge in [0.15, 0.2) is 0 Å². The molecule has 1 amide bonds. The van der Waals surface area contributed by atoms with Crippen molar-refractivity contribution in [2.24, 2.45) is 5.92 Å². The minimum Gasteiger partial charge on any atom is -0.477 e. The summed E-state index contributed by atoms with van der Waals surface area (Å²) in [6.45, 7) is 4.22. The standard InChI is InChI=1S/C15H20N4O6/c1-8-6-18(7-11(15(8,2)22)17-14(20)21)12-9-3-4-25-13(9)16-5-10(12)19(23)24/h5,8,11,17,22H,3-4,6-7H2,1-2H3,(H,20,21)/t8-,11+,15-/m0/s1. The van der Waals surface area contributed by atoms with Gasteiger partial charge in [-0.3, -0.25) is 10.1 Å². The first-order valence-corrected chi connectivity index (χ1v) is 7.97. The van der Waals surface area contributed by atoms with Crippen molar-refractivity contribution in [2.45, 2.75) is 31.9 Å². The van der Waals surface area contributed by atoms with E-state index in [4.69, 9.17) is 9.84 Å². The fourth-order valence-corrected chi connectivity index (χ4v) is 3.46. The summed E-state index contributed by atoms with van der Waals surface area (Å²) in [5.74, 6) is 0.0529. The van der Waals surface area contributed by atoms with Crippen LogP contribution in [0.2, 0.25) is 0 Å². The Morgan fingerprint density at radius 1 is 1.56 bits per heavy atom. The molecule has 2 aliphatic rings. The Labute approximate surface area is 143 Å². The first-order chi connectivity index (χ1) is 11.7. The second-order valence-corrected chi connectivity index (χ2v) is 6.67. The van der Waals surface area contributed by atoms with Crippen LogP contribution in [0.25, 0.3) is 0 Å². The van der Waals surface area contributed by atoms with Crippen LogP contribution in [0.5, 0.6) is 5.88 Å². The van der Waals surface area contributed by atoms with Crippen LogP contribution in [0.15, 0.2) is 6.20 Å². The van der Waals surface area contributed by atoms with E-state index in [0.717, 1.165) is 6.20 Å². The number of hydrogen-bond acceptors (Lipinski definition) is 7. The SMILES string of the molecule is C[C@H]1CN(c2c([N+](=O)[O-])cnc3c2CCO3)C[C@@H](NC(=O)O)[C@@]1(C)O. The molecule has 3 N–H and O–H groups in total. The largest absolute Gasteiger partial charge is 0.477 e. The zero-order valence-corrected chi connectivity index (χ0v) is 13.9. The smallest absolute Gasteiger partial charge is 0.405 e. The third-order valence-electron chi connectivity index (χ3n) is 5.09. The van der Waals surface area contributed by atoms with Crippen molar-refractivity contribution >= 4 is 17.5 Å². The highest BCUT2D eigenvalue weighted by Crippen LogP contribution is 2.42. The van der Waals surface area contributed by atoms with Crippen LogP contribution in [0.4, 0.5) is 16.2 Å². The second kappa shape index (κ2) is 6.03. The van der Waals surface area contributed by atoms with Gasteiger partial charge in [-0.05, 0) is 6.92 Å². The van der Waals surface area contributed by atoms with Crippen molar-refractivity contribution in [3.63, 3.8) is 0 Å². The van der Waals surface area contributed by atoms with Crippen LogP contribution in [0.3, 0.4) is 0 Å². The van der Waals surface area contributed by atoms with Crippen LogP contribution < -0.4 is 15.0 Å². The number of aromatic nitrogens is 1. The summed E-state index contributed by atoms with van der Waals surface area (Å²) in [6.07, 6.45) is 0.408. The number of anilines is 1. The molecule has 0 radical (unpaired) electrons. The molecule has 0 aliphatic carbocycles. The zero-order chi connectivity index (χ0) is 18.4. The van der Waals surface area contributed by atoms with E-state index in [-0.39, 0.29) is 18.2 Å². The van der Waals surface area contributed by atoms with Crippen molar-refractivity contribution in [1.82, 2.24) is 10.3 Å². The highest BCUT2D eigenvalue weighted by molar-refractivity contribution is 5.71. The summed E-state index contributed by atoms with van der Waals surface area (Å²) in [7, 11) is 0. The first kappa shape index (κ1) is 17.2. The van der Waals surface area contributed by atoms with E-state index in [1.165, 1.54) is 0 Å². The molecule has 3 atom stereocenters. The van der Waals surface area contributed by atoms with Gasteiger partial charge in [-0.2, -0.15) is 0 Å².